The Bertz CT molecular complexity index is 411. The second-order valence-electron chi connectivity index (χ2n) is 4.06. The molecule has 0 saturated heterocycles. The van der Waals surface area contributed by atoms with Crippen LogP contribution in [0.15, 0.2) is 12.1 Å². The van der Waals surface area contributed by atoms with Crippen molar-refractivity contribution >= 4 is 17.3 Å². The Kier molecular flexibility index (Phi) is 5.31. The maximum atomic E-state index is 10.7. The molecule has 0 saturated carbocycles. The molecular weight excluding hydrogens is 236 g/mol. The number of nitro groups is 1. The summed E-state index contributed by atoms with van der Waals surface area (Å²) >= 11 is 0. The molecule has 1 rings (SSSR count). The highest BCUT2D eigenvalue weighted by Gasteiger charge is 2.11. The Morgan fingerprint density at radius 3 is 2.89 bits per heavy atom. The van der Waals surface area contributed by atoms with Crippen LogP contribution in [0.4, 0.5) is 17.3 Å². The summed E-state index contributed by atoms with van der Waals surface area (Å²) in [4.78, 5) is 14.1. The number of aliphatic hydroxyl groups is 1. The third-order valence-corrected chi connectivity index (χ3v) is 2.73. The molecule has 0 aromatic carbocycles. The Morgan fingerprint density at radius 2 is 2.33 bits per heavy atom. The first-order valence-electron chi connectivity index (χ1n) is 5.83. The fraction of sp³-hybridized carbons (Fsp3) is 0.545. The summed E-state index contributed by atoms with van der Waals surface area (Å²) in [6.45, 7) is 2.76. The van der Waals surface area contributed by atoms with Crippen molar-refractivity contribution < 1.29 is 10.0 Å². The first kappa shape index (κ1) is 14.2. The molecule has 4 N–H and O–H groups in total. The van der Waals surface area contributed by atoms with Crippen LogP contribution in [0.3, 0.4) is 0 Å². The van der Waals surface area contributed by atoms with Crippen molar-refractivity contribution in [2.75, 3.05) is 24.2 Å². The highest BCUT2D eigenvalue weighted by molar-refractivity contribution is 5.52. The van der Waals surface area contributed by atoms with Crippen molar-refractivity contribution in [1.29, 1.82) is 0 Å². The Morgan fingerprint density at radius 1 is 1.61 bits per heavy atom. The fourth-order valence-corrected chi connectivity index (χ4v) is 1.61. The molecule has 1 heterocycles. The van der Waals surface area contributed by atoms with Crippen molar-refractivity contribution in [3.05, 3.63) is 22.2 Å². The molecule has 0 aliphatic carbocycles. The van der Waals surface area contributed by atoms with E-state index in [1.165, 1.54) is 12.1 Å². The standard InChI is InChI=1S/C11H18N4O3/c1-2-8(3-4-16)7-13-11-6-9(15(17)18)5-10(12)14-11/h5-6,8,16H,2-4,7H2,1H3,(H3,12,13,14). The number of aliphatic hydroxyl groups excluding tert-OH is 1. The molecule has 1 unspecified atom stereocenters. The molecule has 1 aromatic rings. The Balaban J connectivity index is 2.69. The van der Waals surface area contributed by atoms with Gasteiger partial charge in [-0.15, -0.1) is 0 Å². The zero-order valence-corrected chi connectivity index (χ0v) is 10.3. The second-order valence-corrected chi connectivity index (χ2v) is 4.06. The average Bonchev–Trinajstić information content (AvgIpc) is 2.33. The van der Waals surface area contributed by atoms with Gasteiger partial charge in [-0.2, -0.15) is 0 Å². The molecule has 0 aliphatic heterocycles. The number of anilines is 2. The van der Waals surface area contributed by atoms with Crippen molar-refractivity contribution in [3.8, 4) is 0 Å². The minimum atomic E-state index is -0.506. The molecule has 0 bridgehead atoms. The Hall–Kier alpha value is -1.89. The van der Waals surface area contributed by atoms with Crippen LogP contribution in [0.1, 0.15) is 19.8 Å². The zero-order chi connectivity index (χ0) is 13.5. The summed E-state index contributed by atoms with van der Waals surface area (Å²) in [7, 11) is 0. The molecule has 1 aromatic heterocycles. The molecule has 0 aliphatic rings. The van der Waals surface area contributed by atoms with E-state index in [1.807, 2.05) is 6.92 Å². The third-order valence-electron chi connectivity index (χ3n) is 2.73. The van der Waals surface area contributed by atoms with Gasteiger partial charge in [0.1, 0.15) is 11.6 Å². The number of nitrogens with two attached hydrogens (primary N) is 1. The van der Waals surface area contributed by atoms with Gasteiger partial charge in [0, 0.05) is 13.2 Å². The monoisotopic (exact) mass is 254 g/mol. The third kappa shape index (κ3) is 4.17. The number of aromatic nitrogens is 1. The van der Waals surface area contributed by atoms with Gasteiger partial charge in [0.25, 0.3) is 5.69 Å². The van der Waals surface area contributed by atoms with Crippen LogP contribution < -0.4 is 11.1 Å². The molecule has 0 radical (unpaired) electrons. The molecule has 18 heavy (non-hydrogen) atoms. The van der Waals surface area contributed by atoms with E-state index in [0.717, 1.165) is 6.42 Å². The second kappa shape index (κ2) is 6.75. The molecule has 100 valence electrons. The number of pyridine rings is 1. The van der Waals surface area contributed by atoms with Crippen LogP contribution >= 0.6 is 0 Å². The normalized spacial score (nSPS) is 12.1. The van der Waals surface area contributed by atoms with Crippen LogP contribution in [-0.4, -0.2) is 28.2 Å². The topological polar surface area (TPSA) is 114 Å². The summed E-state index contributed by atoms with van der Waals surface area (Å²) in [5.41, 5.74) is 5.42. The van der Waals surface area contributed by atoms with Crippen LogP contribution in [0, 0.1) is 16.0 Å². The molecule has 0 amide bonds. The summed E-state index contributed by atoms with van der Waals surface area (Å²) < 4.78 is 0. The minimum absolute atomic E-state index is 0.0831. The van der Waals surface area contributed by atoms with Crippen molar-refractivity contribution in [1.82, 2.24) is 4.98 Å². The van der Waals surface area contributed by atoms with E-state index in [0.29, 0.717) is 24.7 Å². The van der Waals surface area contributed by atoms with Crippen molar-refractivity contribution in [2.24, 2.45) is 5.92 Å². The highest BCUT2D eigenvalue weighted by atomic mass is 16.6. The van der Waals surface area contributed by atoms with Crippen LogP contribution in [0.2, 0.25) is 0 Å². The van der Waals surface area contributed by atoms with E-state index in [-0.39, 0.29) is 18.1 Å². The van der Waals surface area contributed by atoms with Gasteiger partial charge in [0.15, 0.2) is 0 Å². The summed E-state index contributed by atoms with van der Waals surface area (Å²) in [6, 6.07) is 2.57. The lowest BCUT2D eigenvalue weighted by Gasteiger charge is -2.14. The van der Waals surface area contributed by atoms with Crippen LogP contribution in [0.5, 0.6) is 0 Å². The number of hydrogen-bond donors (Lipinski definition) is 3. The minimum Gasteiger partial charge on any atom is -0.396 e. The summed E-state index contributed by atoms with van der Waals surface area (Å²) in [5.74, 6) is 0.803. The lowest BCUT2D eigenvalue weighted by atomic mass is 10.0. The molecule has 7 nitrogen and oxygen atoms in total. The maximum Gasteiger partial charge on any atom is 0.276 e. The zero-order valence-electron chi connectivity index (χ0n) is 10.3. The van der Waals surface area contributed by atoms with E-state index in [4.69, 9.17) is 10.8 Å². The van der Waals surface area contributed by atoms with Gasteiger partial charge in [0.05, 0.1) is 17.1 Å². The molecule has 7 heteroatoms. The number of nitrogens with one attached hydrogen (secondary N) is 1. The van der Waals surface area contributed by atoms with Gasteiger partial charge in [-0.1, -0.05) is 13.3 Å². The van der Waals surface area contributed by atoms with Crippen molar-refractivity contribution in [2.45, 2.75) is 19.8 Å². The quantitative estimate of drug-likeness (QED) is 0.500. The van der Waals surface area contributed by atoms with E-state index >= 15 is 0 Å². The number of nitrogen functional groups attached to an aromatic ring is 1. The molecular formula is C11H18N4O3. The molecule has 1 atom stereocenters. The van der Waals surface area contributed by atoms with E-state index in [2.05, 4.69) is 10.3 Å². The largest absolute Gasteiger partial charge is 0.396 e. The lowest BCUT2D eigenvalue weighted by Crippen LogP contribution is -2.16. The molecule has 0 spiro atoms. The SMILES string of the molecule is CCC(CCO)CNc1cc([N+](=O)[O-])cc(N)n1. The fourth-order valence-electron chi connectivity index (χ4n) is 1.61. The average molecular weight is 254 g/mol. The van der Waals surface area contributed by atoms with E-state index < -0.39 is 4.92 Å². The van der Waals surface area contributed by atoms with Gasteiger partial charge >= 0.3 is 0 Å². The summed E-state index contributed by atoms with van der Waals surface area (Å²) in [5, 5.41) is 22.5. The van der Waals surface area contributed by atoms with E-state index in [9.17, 15) is 10.1 Å². The predicted molar refractivity (Wildman–Crippen MR) is 69.3 cm³/mol. The first-order valence-corrected chi connectivity index (χ1v) is 5.83. The van der Waals surface area contributed by atoms with Gasteiger partial charge in [0.2, 0.25) is 0 Å². The van der Waals surface area contributed by atoms with Crippen molar-refractivity contribution in [3.63, 3.8) is 0 Å². The Labute approximate surface area is 105 Å². The highest BCUT2D eigenvalue weighted by Crippen LogP contribution is 2.19. The maximum absolute atomic E-state index is 10.7. The number of hydrogen-bond acceptors (Lipinski definition) is 6. The first-order chi connectivity index (χ1) is 8.56. The lowest BCUT2D eigenvalue weighted by molar-refractivity contribution is -0.384. The van der Waals surface area contributed by atoms with Crippen LogP contribution in [0.25, 0.3) is 0 Å². The number of rotatable bonds is 7. The van der Waals surface area contributed by atoms with Gasteiger partial charge < -0.3 is 16.2 Å². The van der Waals surface area contributed by atoms with Gasteiger partial charge in [-0.3, -0.25) is 10.1 Å². The summed E-state index contributed by atoms with van der Waals surface area (Å²) in [6.07, 6.45) is 1.60. The number of nitrogens with zero attached hydrogens (tertiary/aromatic N) is 2. The smallest absolute Gasteiger partial charge is 0.276 e. The molecule has 0 fully saturated rings. The van der Waals surface area contributed by atoms with Crippen LogP contribution in [-0.2, 0) is 0 Å². The van der Waals surface area contributed by atoms with Gasteiger partial charge in [-0.05, 0) is 12.3 Å². The van der Waals surface area contributed by atoms with Gasteiger partial charge in [-0.25, -0.2) is 4.98 Å². The predicted octanol–water partition coefficient (Wildman–Crippen LogP) is 1.39. The van der Waals surface area contributed by atoms with E-state index in [1.54, 1.807) is 0 Å².